The number of rotatable bonds is 4. The second kappa shape index (κ2) is 6.73. The first kappa shape index (κ1) is 21.1. The topological polar surface area (TPSA) is 46.2 Å². The van der Waals surface area contributed by atoms with Crippen molar-refractivity contribution in [1.82, 2.24) is 0 Å². The van der Waals surface area contributed by atoms with E-state index in [9.17, 15) is 0 Å². The van der Waals surface area contributed by atoms with Crippen molar-refractivity contribution in [3.63, 3.8) is 0 Å². The van der Waals surface area contributed by atoms with E-state index in [0.29, 0.717) is 13.2 Å². The Kier molecular flexibility index (Phi) is 5.67. The van der Waals surface area contributed by atoms with Crippen LogP contribution in [0.4, 0.5) is 0 Å². The zero-order chi connectivity index (χ0) is 19.3. The Hall–Kier alpha value is -0.243. The molecule has 5 nitrogen and oxygen atoms in total. The summed E-state index contributed by atoms with van der Waals surface area (Å²) in [6, 6.07) is 0. The van der Waals surface area contributed by atoms with Crippen molar-refractivity contribution < 1.29 is 23.4 Å². The predicted molar refractivity (Wildman–Crippen MR) is 101 cm³/mol. The van der Waals surface area contributed by atoms with E-state index in [2.05, 4.69) is 40.4 Å². The predicted octanol–water partition coefficient (Wildman–Crippen LogP) is 4.24. The van der Waals surface area contributed by atoms with E-state index in [1.54, 1.807) is 0 Å². The van der Waals surface area contributed by atoms with Crippen LogP contribution in [0.1, 0.15) is 48.5 Å². The minimum Gasteiger partial charge on any atom is -0.414 e. The molecule has 0 spiro atoms. The van der Waals surface area contributed by atoms with Gasteiger partial charge in [-0.3, -0.25) is 0 Å². The van der Waals surface area contributed by atoms with Crippen LogP contribution >= 0.6 is 0 Å². The Morgan fingerprint density at radius 2 is 1.68 bits per heavy atom. The lowest BCUT2D eigenvalue weighted by atomic mass is 10.0. The van der Waals surface area contributed by atoms with Gasteiger partial charge in [-0.1, -0.05) is 27.4 Å². The van der Waals surface area contributed by atoms with Crippen LogP contribution in [0.2, 0.25) is 18.1 Å². The summed E-state index contributed by atoms with van der Waals surface area (Å²) in [6.45, 7) is 24.0. The minimum absolute atomic E-state index is 0.151. The Labute approximate surface area is 154 Å². The molecule has 2 heterocycles. The van der Waals surface area contributed by atoms with Gasteiger partial charge in [0.15, 0.2) is 19.9 Å². The van der Waals surface area contributed by atoms with Crippen molar-refractivity contribution in [2.75, 3.05) is 13.2 Å². The summed E-state index contributed by atoms with van der Waals surface area (Å²) in [7, 11) is -1.87. The van der Waals surface area contributed by atoms with Crippen molar-refractivity contribution in [2.24, 2.45) is 0 Å². The molecule has 2 saturated heterocycles. The van der Waals surface area contributed by atoms with Gasteiger partial charge in [0.25, 0.3) is 0 Å². The highest BCUT2D eigenvalue weighted by atomic mass is 28.4. The van der Waals surface area contributed by atoms with Gasteiger partial charge in [0, 0.05) is 0 Å². The highest BCUT2D eigenvalue weighted by Gasteiger charge is 2.50. The highest BCUT2D eigenvalue weighted by Crippen LogP contribution is 2.40. The van der Waals surface area contributed by atoms with Gasteiger partial charge in [0.2, 0.25) is 0 Å². The lowest BCUT2D eigenvalue weighted by molar-refractivity contribution is -0.272. The van der Waals surface area contributed by atoms with E-state index >= 15 is 0 Å². The molecule has 146 valence electrons. The van der Waals surface area contributed by atoms with Crippen LogP contribution in [-0.4, -0.2) is 51.4 Å². The molecular formula is C19H36O5Si. The fourth-order valence-electron chi connectivity index (χ4n) is 2.83. The van der Waals surface area contributed by atoms with Crippen molar-refractivity contribution in [2.45, 2.75) is 96.5 Å². The summed E-state index contributed by atoms with van der Waals surface area (Å²) in [4.78, 5) is 0. The summed E-state index contributed by atoms with van der Waals surface area (Å²) in [5.41, 5.74) is 0.878. The van der Waals surface area contributed by atoms with Crippen LogP contribution in [0, 0.1) is 0 Å². The molecular weight excluding hydrogens is 336 g/mol. The van der Waals surface area contributed by atoms with Gasteiger partial charge in [-0.05, 0) is 51.4 Å². The maximum atomic E-state index is 6.40. The van der Waals surface area contributed by atoms with Gasteiger partial charge in [-0.2, -0.15) is 0 Å². The number of hydrogen-bond donors (Lipinski definition) is 0. The molecule has 2 aliphatic heterocycles. The largest absolute Gasteiger partial charge is 0.414 e. The van der Waals surface area contributed by atoms with Crippen molar-refractivity contribution in [3.05, 3.63) is 12.2 Å². The molecule has 0 N–H and O–H groups in total. The summed E-state index contributed by atoms with van der Waals surface area (Å²) >= 11 is 0. The van der Waals surface area contributed by atoms with E-state index in [-0.39, 0.29) is 23.4 Å². The van der Waals surface area contributed by atoms with E-state index in [1.807, 2.05) is 27.7 Å². The monoisotopic (exact) mass is 372 g/mol. The molecule has 0 radical (unpaired) electrons. The van der Waals surface area contributed by atoms with Gasteiger partial charge in [-0.25, -0.2) is 0 Å². The second-order valence-corrected chi connectivity index (χ2v) is 14.4. The molecule has 2 aliphatic rings. The van der Waals surface area contributed by atoms with Crippen LogP contribution in [0.25, 0.3) is 0 Å². The van der Waals surface area contributed by atoms with Crippen LogP contribution < -0.4 is 0 Å². The molecule has 2 rings (SSSR count). The maximum absolute atomic E-state index is 6.40. The molecule has 3 atom stereocenters. The standard InChI is InChI=1S/C19H36O5Si/c1-13-11-20-18(5,6)23-15(13)16-14(22-19(7,8)24-16)12-21-25(9,10)17(2,3)4/h14-16H,1,11-12H2,2-10H3/t14-,15+,16+/m0/s1. The van der Waals surface area contributed by atoms with E-state index in [4.69, 9.17) is 23.4 Å². The van der Waals surface area contributed by atoms with Crippen LogP contribution in [0.15, 0.2) is 12.2 Å². The summed E-state index contributed by atoms with van der Waals surface area (Å²) in [5.74, 6) is -1.33. The van der Waals surface area contributed by atoms with Gasteiger partial charge in [0.05, 0.1) is 13.2 Å². The third kappa shape index (κ3) is 4.93. The first-order valence-corrected chi connectivity index (χ1v) is 12.0. The quantitative estimate of drug-likeness (QED) is 0.546. The molecule has 25 heavy (non-hydrogen) atoms. The molecule has 6 heteroatoms. The highest BCUT2D eigenvalue weighted by molar-refractivity contribution is 6.74. The summed E-state index contributed by atoms with van der Waals surface area (Å²) in [6.07, 6.45) is -0.714. The normalized spacial score (nSPS) is 32.8. The molecule has 0 unspecified atom stereocenters. The molecule has 0 amide bonds. The zero-order valence-electron chi connectivity index (χ0n) is 17.4. The maximum Gasteiger partial charge on any atom is 0.192 e. The lowest BCUT2D eigenvalue weighted by Gasteiger charge is -2.41. The summed E-state index contributed by atoms with van der Waals surface area (Å²) < 4.78 is 30.5. The number of ether oxygens (including phenoxy) is 4. The Morgan fingerprint density at radius 3 is 2.24 bits per heavy atom. The molecule has 0 bridgehead atoms. The Balaban J connectivity index is 2.14. The minimum atomic E-state index is -1.87. The zero-order valence-corrected chi connectivity index (χ0v) is 18.4. The van der Waals surface area contributed by atoms with Crippen LogP contribution in [-0.2, 0) is 23.4 Å². The third-order valence-electron chi connectivity index (χ3n) is 5.35. The molecule has 2 fully saturated rings. The van der Waals surface area contributed by atoms with E-state index in [0.717, 1.165) is 5.57 Å². The smallest absolute Gasteiger partial charge is 0.192 e. The molecule has 0 aromatic rings. The van der Waals surface area contributed by atoms with Gasteiger partial charge in [-0.15, -0.1) is 0 Å². The fourth-order valence-corrected chi connectivity index (χ4v) is 3.84. The molecule has 0 aromatic heterocycles. The van der Waals surface area contributed by atoms with Crippen molar-refractivity contribution >= 4 is 8.32 Å². The van der Waals surface area contributed by atoms with E-state index in [1.165, 1.54) is 0 Å². The summed E-state index contributed by atoms with van der Waals surface area (Å²) in [5, 5.41) is 0.151. The Morgan fingerprint density at radius 1 is 1.08 bits per heavy atom. The van der Waals surface area contributed by atoms with Gasteiger partial charge >= 0.3 is 0 Å². The first-order chi connectivity index (χ1) is 11.1. The average molecular weight is 373 g/mol. The SMILES string of the molecule is C=C1COC(C)(C)O[C@H]1[C@@H]1OC(C)(C)O[C@H]1CO[Si](C)(C)C(C)(C)C. The number of hydrogen-bond acceptors (Lipinski definition) is 5. The Bertz CT molecular complexity index is 506. The van der Waals surface area contributed by atoms with Crippen molar-refractivity contribution in [3.8, 4) is 0 Å². The molecule has 0 aliphatic carbocycles. The van der Waals surface area contributed by atoms with Crippen molar-refractivity contribution in [1.29, 1.82) is 0 Å². The fraction of sp³-hybridized carbons (Fsp3) is 0.895. The van der Waals surface area contributed by atoms with Gasteiger partial charge in [0.1, 0.15) is 18.3 Å². The average Bonchev–Trinajstić information content (AvgIpc) is 2.73. The van der Waals surface area contributed by atoms with Crippen LogP contribution in [0.5, 0.6) is 0 Å². The third-order valence-corrected chi connectivity index (χ3v) is 9.85. The van der Waals surface area contributed by atoms with Crippen LogP contribution in [0.3, 0.4) is 0 Å². The lowest BCUT2D eigenvalue weighted by Crippen LogP contribution is -2.51. The second-order valence-electron chi connectivity index (χ2n) is 9.60. The van der Waals surface area contributed by atoms with E-state index < -0.39 is 19.9 Å². The first-order valence-electron chi connectivity index (χ1n) is 9.13. The molecule has 0 saturated carbocycles. The molecule has 0 aromatic carbocycles. The van der Waals surface area contributed by atoms with Gasteiger partial charge < -0.3 is 23.4 Å².